The largest absolute Gasteiger partial charge is 0.525 e. The number of imide groups is 1. The van der Waals surface area contributed by atoms with E-state index in [0.717, 1.165) is 18.2 Å². The van der Waals surface area contributed by atoms with Gasteiger partial charge in [-0.1, -0.05) is 6.07 Å². The van der Waals surface area contributed by atoms with Gasteiger partial charge in [0.1, 0.15) is 17.2 Å². The molecule has 0 heterocycles. The number of urea groups is 1. The fourth-order valence-corrected chi connectivity index (χ4v) is 2.08. The van der Waals surface area contributed by atoms with Gasteiger partial charge in [-0.05, 0) is 24.3 Å². The molecule has 0 radical (unpaired) electrons. The molecule has 2 aromatic carbocycles. The van der Waals surface area contributed by atoms with Crippen molar-refractivity contribution in [3.05, 3.63) is 59.4 Å². The van der Waals surface area contributed by atoms with Crippen LogP contribution in [0.3, 0.4) is 0 Å². The Morgan fingerprint density at radius 1 is 0.906 bits per heavy atom. The van der Waals surface area contributed by atoms with Crippen LogP contribution in [0.1, 0.15) is 10.4 Å². The van der Waals surface area contributed by atoms with E-state index in [1.165, 1.54) is 5.32 Å². The van der Waals surface area contributed by atoms with Crippen LogP contribution in [-0.2, 0) is 4.74 Å². The first kappa shape index (κ1) is 24.8. The molecule has 1 unspecified atom stereocenters. The minimum atomic E-state index is -5.77. The van der Waals surface area contributed by atoms with Crippen LogP contribution in [-0.4, -0.2) is 30.8 Å². The van der Waals surface area contributed by atoms with Crippen LogP contribution in [0.4, 0.5) is 50.0 Å². The zero-order valence-electron chi connectivity index (χ0n) is 15.1. The molecule has 1 atom stereocenters. The Morgan fingerprint density at radius 3 is 2.03 bits per heavy atom. The summed E-state index contributed by atoms with van der Waals surface area (Å²) in [5, 5.41) is 3.34. The number of anilines is 1. The van der Waals surface area contributed by atoms with Gasteiger partial charge in [-0.3, -0.25) is 10.1 Å². The van der Waals surface area contributed by atoms with E-state index < -0.39 is 65.2 Å². The lowest BCUT2D eigenvalue weighted by Crippen LogP contribution is -2.41. The van der Waals surface area contributed by atoms with Crippen molar-refractivity contribution in [2.75, 3.05) is 5.32 Å². The van der Waals surface area contributed by atoms with Crippen molar-refractivity contribution in [3.63, 3.8) is 0 Å². The van der Waals surface area contributed by atoms with Gasteiger partial charge in [0, 0.05) is 11.8 Å². The van der Waals surface area contributed by atoms with Crippen LogP contribution in [0.25, 0.3) is 0 Å². The van der Waals surface area contributed by atoms with Crippen molar-refractivity contribution >= 4 is 17.6 Å². The molecule has 0 saturated heterocycles. The van der Waals surface area contributed by atoms with Crippen LogP contribution < -0.4 is 15.4 Å². The minimum Gasteiger partial charge on any atom is -0.425 e. The lowest BCUT2D eigenvalue weighted by Gasteiger charge is -2.22. The number of amides is 3. The van der Waals surface area contributed by atoms with E-state index in [-0.39, 0.29) is 0 Å². The summed E-state index contributed by atoms with van der Waals surface area (Å²) in [6.07, 6.45) is -15.3. The SMILES string of the molecule is O=C(NC(=O)c1c(F)cccc1F)Nc1ccc(OC(F)(F)C(F)OC(F)(F)F)c(F)c1. The molecule has 3 amide bonds. The van der Waals surface area contributed by atoms with Crippen LogP contribution in [0.15, 0.2) is 36.4 Å². The Bertz CT molecular complexity index is 994. The van der Waals surface area contributed by atoms with Crippen molar-refractivity contribution in [1.82, 2.24) is 5.32 Å². The highest BCUT2D eigenvalue weighted by molar-refractivity contribution is 6.08. The molecule has 0 saturated carbocycles. The van der Waals surface area contributed by atoms with Gasteiger partial charge in [0.15, 0.2) is 11.6 Å². The van der Waals surface area contributed by atoms with E-state index >= 15 is 0 Å². The summed E-state index contributed by atoms with van der Waals surface area (Å²) >= 11 is 0. The average molecular weight is 476 g/mol. The Labute approximate surface area is 171 Å². The van der Waals surface area contributed by atoms with Gasteiger partial charge < -0.3 is 10.1 Å². The molecule has 32 heavy (non-hydrogen) atoms. The average Bonchev–Trinajstić information content (AvgIpc) is 2.62. The fourth-order valence-electron chi connectivity index (χ4n) is 2.08. The Kier molecular flexibility index (Phi) is 7.23. The maximum atomic E-state index is 13.9. The number of carbonyl (C=O) groups excluding carboxylic acids is 2. The molecule has 0 spiro atoms. The molecular weight excluding hydrogens is 467 g/mol. The summed E-state index contributed by atoms with van der Waals surface area (Å²) < 4.78 is 122. The summed E-state index contributed by atoms with van der Waals surface area (Å²) in [6, 6.07) is 2.40. The fraction of sp³-hybridized carbons (Fsp3) is 0.176. The molecule has 6 nitrogen and oxygen atoms in total. The summed E-state index contributed by atoms with van der Waals surface area (Å²) in [5.41, 5.74) is -1.61. The number of hydrogen-bond acceptors (Lipinski definition) is 4. The first-order chi connectivity index (χ1) is 14.7. The van der Waals surface area contributed by atoms with Gasteiger partial charge in [0.2, 0.25) is 0 Å². The van der Waals surface area contributed by atoms with Crippen LogP contribution >= 0.6 is 0 Å². The van der Waals surface area contributed by atoms with Crippen molar-refractivity contribution in [1.29, 1.82) is 0 Å². The maximum Gasteiger partial charge on any atom is 0.525 e. The molecule has 0 aromatic heterocycles. The van der Waals surface area contributed by atoms with E-state index in [9.17, 15) is 49.1 Å². The van der Waals surface area contributed by atoms with Crippen molar-refractivity contribution in [3.8, 4) is 5.75 Å². The third-order valence-corrected chi connectivity index (χ3v) is 3.35. The molecule has 2 aromatic rings. The molecule has 0 bridgehead atoms. The lowest BCUT2D eigenvalue weighted by molar-refractivity contribution is -0.411. The Hall–Kier alpha value is -3.49. The van der Waals surface area contributed by atoms with E-state index in [1.54, 1.807) is 0 Å². The van der Waals surface area contributed by atoms with Crippen molar-refractivity contribution in [2.45, 2.75) is 18.8 Å². The second-order valence-corrected chi connectivity index (χ2v) is 5.69. The zero-order valence-corrected chi connectivity index (χ0v) is 15.1. The van der Waals surface area contributed by atoms with Gasteiger partial charge in [0.25, 0.3) is 5.91 Å². The Morgan fingerprint density at radius 2 is 1.50 bits per heavy atom. The summed E-state index contributed by atoms with van der Waals surface area (Å²) in [7, 11) is 0. The van der Waals surface area contributed by atoms with Gasteiger partial charge in [-0.2, -0.15) is 8.78 Å². The molecule has 15 heteroatoms. The normalized spacial score (nSPS) is 12.8. The molecule has 174 valence electrons. The van der Waals surface area contributed by atoms with Crippen molar-refractivity contribution < 1.29 is 58.6 Å². The highest BCUT2D eigenvalue weighted by Crippen LogP contribution is 2.33. The van der Waals surface area contributed by atoms with Gasteiger partial charge in [-0.15, -0.1) is 13.2 Å². The first-order valence-electron chi connectivity index (χ1n) is 8.01. The van der Waals surface area contributed by atoms with Crippen molar-refractivity contribution in [2.24, 2.45) is 0 Å². The minimum absolute atomic E-state index is 0.316. The molecule has 0 aliphatic carbocycles. The topological polar surface area (TPSA) is 76.7 Å². The number of benzene rings is 2. The van der Waals surface area contributed by atoms with E-state index in [2.05, 4.69) is 9.47 Å². The van der Waals surface area contributed by atoms with E-state index in [0.29, 0.717) is 18.2 Å². The highest BCUT2D eigenvalue weighted by atomic mass is 19.4. The lowest BCUT2D eigenvalue weighted by atomic mass is 10.2. The van der Waals surface area contributed by atoms with Gasteiger partial charge in [-0.25, -0.2) is 27.1 Å². The second kappa shape index (κ2) is 9.33. The molecule has 0 aliphatic rings. The quantitative estimate of drug-likeness (QED) is 0.584. The van der Waals surface area contributed by atoms with Gasteiger partial charge in [0.05, 0.1) is 0 Å². The maximum absolute atomic E-state index is 13.9. The first-order valence-corrected chi connectivity index (χ1v) is 8.01. The van der Waals surface area contributed by atoms with E-state index in [4.69, 9.17) is 0 Å². The van der Waals surface area contributed by atoms with Gasteiger partial charge >= 0.3 is 24.9 Å². The predicted molar refractivity (Wildman–Crippen MR) is 86.9 cm³/mol. The number of carbonyl (C=O) groups is 2. The third-order valence-electron chi connectivity index (χ3n) is 3.35. The monoisotopic (exact) mass is 476 g/mol. The smallest absolute Gasteiger partial charge is 0.425 e. The number of nitrogens with one attached hydrogen (secondary N) is 2. The molecule has 0 aliphatic heterocycles. The molecule has 2 N–H and O–H groups in total. The third kappa shape index (κ3) is 6.50. The summed E-state index contributed by atoms with van der Waals surface area (Å²) in [5.74, 6) is -7.18. The standard InChI is InChI=1S/C17H9F9N2O4/c18-8-2-1-3-9(19)12(8)13(29)28-15(30)27-7-4-5-11(10(20)6-7)31-16(22,23)14(21)32-17(24,25)26/h1-6,14H,(H2,27,28,29,30). The number of rotatable bonds is 6. The predicted octanol–water partition coefficient (Wildman–Crippen LogP) is 4.87. The van der Waals surface area contributed by atoms with E-state index in [1.807, 2.05) is 5.32 Å². The highest BCUT2D eigenvalue weighted by Gasteiger charge is 2.51. The van der Waals surface area contributed by atoms with Crippen LogP contribution in [0.2, 0.25) is 0 Å². The molecular formula is C17H9F9N2O4. The second-order valence-electron chi connectivity index (χ2n) is 5.69. The van der Waals surface area contributed by atoms with Crippen LogP contribution in [0, 0.1) is 17.5 Å². The number of alkyl halides is 6. The number of halogens is 9. The molecule has 0 fully saturated rings. The summed E-state index contributed by atoms with van der Waals surface area (Å²) in [6.45, 7) is 0. The zero-order chi connectivity index (χ0) is 24.3. The Balaban J connectivity index is 2.05. The number of hydrogen-bond donors (Lipinski definition) is 2. The number of ether oxygens (including phenoxy) is 2. The molecule has 2 rings (SSSR count). The summed E-state index contributed by atoms with van der Waals surface area (Å²) in [4.78, 5) is 23.5. The van der Waals surface area contributed by atoms with Crippen LogP contribution in [0.5, 0.6) is 5.75 Å².